The van der Waals surface area contributed by atoms with Crippen molar-refractivity contribution in [1.29, 1.82) is 0 Å². The molecule has 0 atom stereocenters. The minimum absolute atomic E-state index is 0.428. The molecular formula is C20H19ClN6. The van der Waals surface area contributed by atoms with Gasteiger partial charge in [-0.15, -0.1) is 5.10 Å². The van der Waals surface area contributed by atoms with Crippen LogP contribution in [0.25, 0.3) is 10.9 Å². The Kier molecular flexibility index (Phi) is 4.89. The summed E-state index contributed by atoms with van der Waals surface area (Å²) in [5, 5.41) is 16.4. The molecule has 2 aromatic heterocycles. The van der Waals surface area contributed by atoms with Gasteiger partial charge < -0.3 is 15.6 Å². The Balaban J connectivity index is 1.41. The van der Waals surface area contributed by atoms with Gasteiger partial charge in [0.15, 0.2) is 5.82 Å². The van der Waals surface area contributed by atoms with Crippen LogP contribution in [0.3, 0.4) is 0 Å². The summed E-state index contributed by atoms with van der Waals surface area (Å²) in [5.74, 6) is 1.10. The monoisotopic (exact) mass is 378 g/mol. The zero-order valence-electron chi connectivity index (χ0n) is 14.8. The van der Waals surface area contributed by atoms with E-state index in [9.17, 15) is 0 Å². The van der Waals surface area contributed by atoms with Gasteiger partial charge in [-0.3, -0.25) is 0 Å². The second kappa shape index (κ2) is 7.63. The fourth-order valence-electron chi connectivity index (χ4n) is 2.95. The van der Waals surface area contributed by atoms with E-state index in [0.29, 0.717) is 16.8 Å². The largest absolute Gasteiger partial charge is 0.368 e. The van der Waals surface area contributed by atoms with Crippen LogP contribution in [0.2, 0.25) is 5.02 Å². The maximum Gasteiger partial charge on any atom is 0.249 e. The molecule has 0 radical (unpaired) electrons. The van der Waals surface area contributed by atoms with Gasteiger partial charge in [0.1, 0.15) is 0 Å². The van der Waals surface area contributed by atoms with E-state index in [2.05, 4.69) is 55.2 Å². The van der Waals surface area contributed by atoms with Crippen LogP contribution in [0, 0.1) is 6.92 Å². The van der Waals surface area contributed by atoms with Gasteiger partial charge in [0.2, 0.25) is 5.95 Å². The Morgan fingerprint density at radius 2 is 2.04 bits per heavy atom. The van der Waals surface area contributed by atoms with E-state index in [0.717, 1.165) is 29.7 Å². The Morgan fingerprint density at radius 3 is 2.96 bits per heavy atom. The summed E-state index contributed by atoms with van der Waals surface area (Å²) in [5.41, 5.74) is 4.34. The van der Waals surface area contributed by atoms with Crippen molar-refractivity contribution in [2.45, 2.75) is 13.3 Å². The van der Waals surface area contributed by atoms with Crippen molar-refractivity contribution < 1.29 is 0 Å². The van der Waals surface area contributed by atoms with Crippen LogP contribution in [0.1, 0.15) is 11.1 Å². The minimum Gasteiger partial charge on any atom is -0.368 e. The molecule has 27 heavy (non-hydrogen) atoms. The van der Waals surface area contributed by atoms with E-state index in [4.69, 9.17) is 11.6 Å². The molecule has 0 saturated heterocycles. The molecular weight excluding hydrogens is 360 g/mol. The van der Waals surface area contributed by atoms with Gasteiger partial charge in [-0.2, -0.15) is 10.1 Å². The van der Waals surface area contributed by atoms with Crippen molar-refractivity contribution in [3.63, 3.8) is 0 Å². The highest BCUT2D eigenvalue weighted by Gasteiger charge is 2.06. The number of nitrogens with zero attached hydrogens (tertiary/aromatic N) is 3. The predicted octanol–water partition coefficient (Wildman–Crippen LogP) is 4.71. The molecule has 136 valence electrons. The predicted molar refractivity (Wildman–Crippen MR) is 110 cm³/mol. The molecule has 2 heterocycles. The first-order chi connectivity index (χ1) is 13.2. The van der Waals surface area contributed by atoms with E-state index in [1.54, 1.807) is 6.20 Å². The standard InChI is InChI=1S/C20H19ClN6/c1-13-6-7-15(21)10-18(13)25-20-26-19(12-24-27-20)22-9-8-14-11-23-17-5-3-2-4-16(14)17/h2-7,10-12,23H,8-9H2,1H3,(H2,22,25,26,27). The third-order valence-corrected chi connectivity index (χ3v) is 4.62. The van der Waals surface area contributed by atoms with Crippen molar-refractivity contribution >= 4 is 40.0 Å². The van der Waals surface area contributed by atoms with Gasteiger partial charge in [-0.05, 0) is 42.7 Å². The molecule has 0 aliphatic rings. The first kappa shape index (κ1) is 17.3. The second-order valence-electron chi connectivity index (χ2n) is 6.29. The molecule has 0 spiro atoms. The topological polar surface area (TPSA) is 78.5 Å². The maximum atomic E-state index is 6.06. The number of aryl methyl sites for hydroxylation is 1. The van der Waals surface area contributed by atoms with Crippen molar-refractivity contribution in [2.75, 3.05) is 17.2 Å². The maximum absolute atomic E-state index is 6.06. The number of benzene rings is 2. The summed E-state index contributed by atoms with van der Waals surface area (Å²) in [4.78, 5) is 7.77. The van der Waals surface area contributed by atoms with E-state index in [1.807, 2.05) is 31.2 Å². The van der Waals surface area contributed by atoms with Crippen molar-refractivity contribution in [1.82, 2.24) is 20.2 Å². The van der Waals surface area contributed by atoms with E-state index >= 15 is 0 Å². The van der Waals surface area contributed by atoms with Crippen LogP contribution in [-0.4, -0.2) is 26.7 Å². The second-order valence-corrected chi connectivity index (χ2v) is 6.72. The molecule has 0 saturated carbocycles. The molecule has 2 aromatic carbocycles. The first-order valence-electron chi connectivity index (χ1n) is 8.71. The zero-order valence-corrected chi connectivity index (χ0v) is 15.6. The summed E-state index contributed by atoms with van der Waals surface area (Å²) in [6, 6.07) is 13.9. The number of nitrogens with one attached hydrogen (secondary N) is 3. The Labute approximate surface area is 162 Å². The van der Waals surface area contributed by atoms with E-state index < -0.39 is 0 Å². The lowest BCUT2D eigenvalue weighted by molar-refractivity contribution is 0.952. The zero-order chi connectivity index (χ0) is 18.6. The van der Waals surface area contributed by atoms with Crippen LogP contribution < -0.4 is 10.6 Å². The molecule has 7 heteroatoms. The summed E-state index contributed by atoms with van der Waals surface area (Å²) < 4.78 is 0. The van der Waals surface area contributed by atoms with Gasteiger partial charge in [0, 0.05) is 34.4 Å². The third-order valence-electron chi connectivity index (χ3n) is 4.38. The number of halogens is 1. The normalized spacial score (nSPS) is 10.9. The van der Waals surface area contributed by atoms with Gasteiger partial charge in [0.05, 0.1) is 6.20 Å². The number of aromatic amines is 1. The smallest absolute Gasteiger partial charge is 0.249 e. The fourth-order valence-corrected chi connectivity index (χ4v) is 3.13. The van der Waals surface area contributed by atoms with Crippen molar-refractivity contribution in [3.8, 4) is 0 Å². The lowest BCUT2D eigenvalue weighted by Crippen LogP contribution is -2.09. The third kappa shape index (κ3) is 4.01. The number of para-hydroxylation sites is 1. The highest BCUT2D eigenvalue weighted by molar-refractivity contribution is 6.30. The molecule has 4 rings (SSSR count). The lowest BCUT2D eigenvalue weighted by atomic mass is 10.1. The van der Waals surface area contributed by atoms with Crippen LogP contribution >= 0.6 is 11.6 Å². The summed E-state index contributed by atoms with van der Waals surface area (Å²) in [7, 11) is 0. The molecule has 4 aromatic rings. The molecule has 0 bridgehead atoms. The molecule has 3 N–H and O–H groups in total. The van der Waals surface area contributed by atoms with Gasteiger partial charge in [0.25, 0.3) is 0 Å². The van der Waals surface area contributed by atoms with Crippen LogP contribution in [0.15, 0.2) is 54.9 Å². The van der Waals surface area contributed by atoms with E-state index in [-0.39, 0.29) is 0 Å². The number of H-pyrrole nitrogens is 1. The Morgan fingerprint density at radius 1 is 1.15 bits per heavy atom. The summed E-state index contributed by atoms with van der Waals surface area (Å²) in [6.45, 7) is 2.74. The fraction of sp³-hybridized carbons (Fsp3) is 0.150. The Bertz CT molecular complexity index is 1070. The molecule has 0 unspecified atom stereocenters. The quantitative estimate of drug-likeness (QED) is 0.452. The molecule has 0 aliphatic carbocycles. The first-order valence-corrected chi connectivity index (χ1v) is 9.08. The average Bonchev–Trinajstić information content (AvgIpc) is 3.08. The molecule has 0 amide bonds. The SMILES string of the molecule is Cc1ccc(Cl)cc1Nc1nncc(NCCc2c[nH]c3ccccc23)n1. The number of hydrogen-bond acceptors (Lipinski definition) is 5. The highest BCUT2D eigenvalue weighted by atomic mass is 35.5. The number of aromatic nitrogens is 4. The number of hydrogen-bond donors (Lipinski definition) is 3. The molecule has 0 fully saturated rings. The van der Waals surface area contributed by atoms with E-state index in [1.165, 1.54) is 10.9 Å². The minimum atomic E-state index is 0.428. The van der Waals surface area contributed by atoms with Crippen molar-refractivity contribution in [3.05, 3.63) is 71.0 Å². The summed E-state index contributed by atoms with van der Waals surface area (Å²) in [6.07, 6.45) is 4.55. The lowest BCUT2D eigenvalue weighted by Gasteiger charge is -2.09. The Hall–Kier alpha value is -3.12. The van der Waals surface area contributed by atoms with Gasteiger partial charge in [-0.1, -0.05) is 35.9 Å². The average molecular weight is 379 g/mol. The number of rotatable bonds is 6. The highest BCUT2D eigenvalue weighted by Crippen LogP contribution is 2.23. The van der Waals surface area contributed by atoms with Crippen LogP contribution in [0.4, 0.5) is 17.5 Å². The molecule has 6 nitrogen and oxygen atoms in total. The molecule has 0 aliphatic heterocycles. The summed E-state index contributed by atoms with van der Waals surface area (Å²) >= 11 is 6.06. The van der Waals surface area contributed by atoms with Gasteiger partial charge >= 0.3 is 0 Å². The van der Waals surface area contributed by atoms with Crippen LogP contribution in [0.5, 0.6) is 0 Å². The number of fused-ring (bicyclic) bond motifs is 1. The van der Waals surface area contributed by atoms with Crippen LogP contribution in [-0.2, 0) is 6.42 Å². The number of anilines is 3. The van der Waals surface area contributed by atoms with Gasteiger partial charge in [-0.25, -0.2) is 0 Å². The van der Waals surface area contributed by atoms with Crippen molar-refractivity contribution in [2.24, 2.45) is 0 Å².